The van der Waals surface area contributed by atoms with Crippen molar-refractivity contribution >= 4 is 5.91 Å². The lowest BCUT2D eigenvalue weighted by Gasteiger charge is -2.19. The minimum Gasteiger partial charge on any atom is -0.493 e. The van der Waals surface area contributed by atoms with Gasteiger partial charge >= 0.3 is 0 Å². The average molecular weight is 387 g/mol. The van der Waals surface area contributed by atoms with Crippen LogP contribution in [0.4, 0.5) is 0 Å². The van der Waals surface area contributed by atoms with Gasteiger partial charge in [-0.3, -0.25) is 4.79 Å². The molecule has 0 aromatic heterocycles. The minimum absolute atomic E-state index is 0.248. The van der Waals surface area contributed by atoms with Gasteiger partial charge in [-0.1, -0.05) is 6.07 Å². The molecule has 1 amide bonds. The van der Waals surface area contributed by atoms with E-state index >= 15 is 0 Å². The highest BCUT2D eigenvalue weighted by molar-refractivity contribution is 5.98. The molecule has 0 saturated carbocycles. The van der Waals surface area contributed by atoms with Crippen molar-refractivity contribution in [2.24, 2.45) is 0 Å². The van der Waals surface area contributed by atoms with Crippen LogP contribution in [0.15, 0.2) is 30.3 Å². The molecule has 0 fully saturated rings. The first-order chi connectivity index (χ1) is 13.6. The van der Waals surface area contributed by atoms with Crippen molar-refractivity contribution in [3.05, 3.63) is 41.5 Å². The van der Waals surface area contributed by atoms with Crippen molar-refractivity contribution in [2.45, 2.75) is 19.4 Å². The third-order valence-corrected chi connectivity index (χ3v) is 4.57. The molecule has 1 N–H and O–H groups in total. The number of hydrogen-bond donors (Lipinski definition) is 1. The number of hydrogen-bond acceptors (Lipinski definition) is 6. The molecule has 0 bridgehead atoms. The summed E-state index contributed by atoms with van der Waals surface area (Å²) < 4.78 is 27.4. The second-order valence-corrected chi connectivity index (χ2v) is 6.33. The molecule has 0 saturated heterocycles. The zero-order chi connectivity index (χ0) is 20.1. The molecule has 1 aliphatic heterocycles. The lowest BCUT2D eigenvalue weighted by Crippen LogP contribution is -2.27. The van der Waals surface area contributed by atoms with Crippen molar-refractivity contribution in [1.82, 2.24) is 5.32 Å². The highest BCUT2D eigenvalue weighted by Gasteiger charge is 2.22. The van der Waals surface area contributed by atoms with E-state index in [1.807, 2.05) is 25.1 Å². The first-order valence-corrected chi connectivity index (χ1v) is 9.08. The molecule has 28 heavy (non-hydrogen) atoms. The molecule has 7 heteroatoms. The van der Waals surface area contributed by atoms with E-state index in [9.17, 15) is 4.79 Å². The van der Waals surface area contributed by atoms with Crippen LogP contribution in [0.2, 0.25) is 0 Å². The highest BCUT2D eigenvalue weighted by Crippen LogP contribution is 2.40. The maximum absolute atomic E-state index is 12.9. The summed E-state index contributed by atoms with van der Waals surface area (Å²) in [5, 5.41) is 2.99. The number of rotatable bonds is 6. The summed E-state index contributed by atoms with van der Waals surface area (Å²) in [5.74, 6) is 2.33. The smallest absolute Gasteiger partial charge is 0.255 e. The standard InChI is InChI=1S/C21H25NO6/c1-13(14-6-8-16-18(12-14)28-11-5-10-27-16)22-21(23)15-7-9-17(24-2)20(26-4)19(15)25-3/h6-9,12-13H,5,10-11H2,1-4H3,(H,22,23). The maximum atomic E-state index is 12.9. The molecular weight excluding hydrogens is 362 g/mol. The quantitative estimate of drug-likeness (QED) is 0.819. The van der Waals surface area contributed by atoms with E-state index in [1.54, 1.807) is 12.1 Å². The average Bonchev–Trinajstić information content (AvgIpc) is 2.97. The van der Waals surface area contributed by atoms with Gasteiger partial charge in [0.15, 0.2) is 23.0 Å². The summed E-state index contributed by atoms with van der Waals surface area (Å²) >= 11 is 0. The molecule has 3 rings (SSSR count). The van der Waals surface area contributed by atoms with Crippen LogP contribution in [0.3, 0.4) is 0 Å². The van der Waals surface area contributed by atoms with Crippen molar-refractivity contribution in [1.29, 1.82) is 0 Å². The first-order valence-electron chi connectivity index (χ1n) is 9.08. The van der Waals surface area contributed by atoms with Gasteiger partial charge in [-0.05, 0) is 36.8 Å². The van der Waals surface area contributed by atoms with Gasteiger partial charge in [-0.15, -0.1) is 0 Å². The Hall–Kier alpha value is -3.09. The molecule has 0 spiro atoms. The Bertz CT molecular complexity index is 851. The van der Waals surface area contributed by atoms with E-state index in [2.05, 4.69) is 5.32 Å². The van der Waals surface area contributed by atoms with Gasteiger partial charge in [0.25, 0.3) is 5.91 Å². The lowest BCUT2D eigenvalue weighted by atomic mass is 10.1. The van der Waals surface area contributed by atoms with E-state index in [1.165, 1.54) is 21.3 Å². The van der Waals surface area contributed by atoms with E-state index in [0.29, 0.717) is 41.8 Å². The van der Waals surface area contributed by atoms with Gasteiger partial charge in [0.1, 0.15) is 0 Å². The summed E-state index contributed by atoms with van der Waals surface area (Å²) in [4.78, 5) is 12.9. The Morgan fingerprint density at radius 1 is 0.964 bits per heavy atom. The molecule has 2 aromatic rings. The number of ether oxygens (including phenoxy) is 5. The zero-order valence-electron chi connectivity index (χ0n) is 16.5. The van der Waals surface area contributed by atoms with E-state index in [-0.39, 0.29) is 11.9 Å². The Kier molecular flexibility index (Phi) is 6.13. The van der Waals surface area contributed by atoms with E-state index in [4.69, 9.17) is 23.7 Å². The second-order valence-electron chi connectivity index (χ2n) is 6.33. The Labute approximate surface area is 164 Å². The normalized spacial score (nSPS) is 13.9. The van der Waals surface area contributed by atoms with Gasteiger partial charge in [-0.2, -0.15) is 0 Å². The number of nitrogens with one attached hydrogen (secondary N) is 1. The SMILES string of the molecule is COc1ccc(C(=O)NC(C)c2ccc3c(c2)OCCCO3)c(OC)c1OC. The van der Waals surface area contributed by atoms with Crippen LogP contribution >= 0.6 is 0 Å². The van der Waals surface area contributed by atoms with Crippen LogP contribution in [0.25, 0.3) is 0 Å². The summed E-state index contributed by atoms with van der Waals surface area (Å²) in [6.45, 7) is 3.15. The van der Waals surface area contributed by atoms with E-state index < -0.39 is 0 Å². The summed E-state index contributed by atoms with van der Waals surface area (Å²) in [6.07, 6.45) is 0.843. The van der Waals surface area contributed by atoms with Crippen molar-refractivity contribution in [3.8, 4) is 28.7 Å². The van der Waals surface area contributed by atoms with Crippen LogP contribution in [0.5, 0.6) is 28.7 Å². The predicted octanol–water partition coefficient (Wildman–Crippen LogP) is 3.36. The summed E-state index contributed by atoms with van der Waals surface area (Å²) in [6, 6.07) is 8.77. The molecule has 0 aliphatic carbocycles. The van der Waals surface area contributed by atoms with Gasteiger partial charge < -0.3 is 29.0 Å². The van der Waals surface area contributed by atoms with Crippen LogP contribution in [-0.2, 0) is 0 Å². The number of methoxy groups -OCH3 is 3. The molecule has 1 atom stereocenters. The zero-order valence-corrected chi connectivity index (χ0v) is 16.5. The first kappa shape index (κ1) is 19.7. The van der Waals surface area contributed by atoms with E-state index in [0.717, 1.165) is 17.7 Å². The third-order valence-electron chi connectivity index (χ3n) is 4.57. The lowest BCUT2D eigenvalue weighted by molar-refractivity contribution is 0.0936. The van der Waals surface area contributed by atoms with Gasteiger partial charge in [-0.25, -0.2) is 0 Å². The molecule has 0 radical (unpaired) electrons. The Morgan fingerprint density at radius 3 is 2.36 bits per heavy atom. The molecule has 150 valence electrons. The van der Waals surface area contributed by atoms with Gasteiger partial charge in [0.05, 0.1) is 46.1 Å². The Balaban J connectivity index is 1.82. The molecular formula is C21H25NO6. The molecule has 1 aliphatic rings. The maximum Gasteiger partial charge on any atom is 0.255 e. The van der Waals surface area contributed by atoms with Crippen LogP contribution in [0, 0.1) is 0 Å². The van der Waals surface area contributed by atoms with Crippen molar-refractivity contribution in [3.63, 3.8) is 0 Å². The molecule has 2 aromatic carbocycles. The number of amides is 1. The number of carbonyl (C=O) groups excluding carboxylic acids is 1. The number of fused-ring (bicyclic) bond motifs is 1. The van der Waals surface area contributed by atoms with Crippen molar-refractivity contribution in [2.75, 3.05) is 34.5 Å². The number of carbonyl (C=O) groups is 1. The highest BCUT2D eigenvalue weighted by atomic mass is 16.5. The third kappa shape index (κ3) is 3.93. The summed E-state index contributed by atoms with van der Waals surface area (Å²) in [7, 11) is 4.52. The molecule has 1 unspecified atom stereocenters. The second kappa shape index (κ2) is 8.73. The van der Waals surface area contributed by atoms with Crippen LogP contribution < -0.4 is 29.0 Å². The van der Waals surface area contributed by atoms with Crippen LogP contribution in [-0.4, -0.2) is 40.5 Å². The number of benzene rings is 2. The fraction of sp³-hybridized carbons (Fsp3) is 0.381. The Morgan fingerprint density at radius 2 is 1.68 bits per heavy atom. The van der Waals surface area contributed by atoms with Crippen LogP contribution in [0.1, 0.15) is 35.3 Å². The molecule has 1 heterocycles. The fourth-order valence-electron chi connectivity index (χ4n) is 3.09. The minimum atomic E-state index is -0.280. The topological polar surface area (TPSA) is 75.3 Å². The van der Waals surface area contributed by atoms with Crippen molar-refractivity contribution < 1.29 is 28.5 Å². The molecule has 7 nitrogen and oxygen atoms in total. The van der Waals surface area contributed by atoms with Gasteiger partial charge in [0.2, 0.25) is 5.75 Å². The largest absolute Gasteiger partial charge is 0.493 e. The fourth-order valence-corrected chi connectivity index (χ4v) is 3.09. The monoisotopic (exact) mass is 387 g/mol. The summed E-state index contributed by atoms with van der Waals surface area (Å²) in [5.41, 5.74) is 1.28. The van der Waals surface area contributed by atoms with Gasteiger partial charge in [0, 0.05) is 6.42 Å². The predicted molar refractivity (Wildman–Crippen MR) is 104 cm³/mol.